The van der Waals surface area contributed by atoms with Crippen LogP contribution in [0.3, 0.4) is 0 Å². The van der Waals surface area contributed by atoms with Crippen molar-refractivity contribution in [2.24, 2.45) is 5.92 Å². The number of halogens is 1. The van der Waals surface area contributed by atoms with E-state index in [0.717, 1.165) is 12.0 Å². The van der Waals surface area contributed by atoms with Crippen LogP contribution in [0.25, 0.3) is 0 Å². The molecule has 1 aromatic heterocycles. The first-order chi connectivity index (χ1) is 8.88. The predicted molar refractivity (Wildman–Crippen MR) is 81.6 cm³/mol. The molecule has 0 aromatic carbocycles. The molecule has 0 saturated carbocycles. The molecule has 1 atom stereocenters. The quantitative estimate of drug-likeness (QED) is 0.736. The van der Waals surface area contributed by atoms with E-state index in [9.17, 15) is 5.11 Å². The van der Waals surface area contributed by atoms with Crippen LogP contribution in [-0.4, -0.2) is 15.6 Å². The fraction of sp³-hybridized carbons (Fsp3) is 0.667. The van der Waals surface area contributed by atoms with Gasteiger partial charge in [-0.25, -0.2) is 4.98 Å². The maximum atomic E-state index is 9.35. The van der Waals surface area contributed by atoms with Crippen molar-refractivity contribution >= 4 is 17.4 Å². The fourth-order valence-electron chi connectivity index (χ4n) is 2.54. The molecular formula is C15H25ClN2O. The molecular weight excluding hydrogens is 260 g/mol. The van der Waals surface area contributed by atoms with Crippen molar-refractivity contribution in [3.05, 3.63) is 22.8 Å². The zero-order chi connectivity index (χ0) is 14.5. The lowest BCUT2D eigenvalue weighted by Gasteiger charge is -2.30. The standard InChI is InChI=1S/C15H25ClN2O/c1-5-6-11(2)9-15(3,4)18-14-12(10-19)7-8-13(16)17-14/h7-8,11,19H,5-6,9-10H2,1-4H3,(H,17,18)/t11-/m1/s1. The van der Waals surface area contributed by atoms with Crippen LogP contribution in [-0.2, 0) is 6.61 Å². The Balaban J connectivity index is 2.79. The first-order valence-corrected chi connectivity index (χ1v) is 7.30. The number of aliphatic hydroxyl groups excluding tert-OH is 1. The highest BCUT2D eigenvalue weighted by Gasteiger charge is 2.22. The van der Waals surface area contributed by atoms with Crippen molar-refractivity contribution in [2.75, 3.05) is 5.32 Å². The lowest BCUT2D eigenvalue weighted by atomic mass is 9.89. The lowest BCUT2D eigenvalue weighted by molar-refractivity contribution is 0.281. The van der Waals surface area contributed by atoms with E-state index < -0.39 is 0 Å². The molecule has 4 heteroatoms. The van der Waals surface area contributed by atoms with Gasteiger partial charge in [0.05, 0.1) is 6.61 Å². The number of pyridine rings is 1. The highest BCUT2D eigenvalue weighted by atomic mass is 35.5. The molecule has 3 nitrogen and oxygen atoms in total. The molecule has 0 spiro atoms. The Labute approximate surface area is 121 Å². The summed E-state index contributed by atoms with van der Waals surface area (Å²) in [5.74, 6) is 1.34. The number of nitrogens with one attached hydrogen (secondary N) is 1. The molecule has 108 valence electrons. The minimum atomic E-state index is -0.0732. The normalized spacial score (nSPS) is 13.4. The smallest absolute Gasteiger partial charge is 0.133 e. The number of anilines is 1. The van der Waals surface area contributed by atoms with Crippen molar-refractivity contribution in [3.63, 3.8) is 0 Å². The van der Waals surface area contributed by atoms with Gasteiger partial charge in [-0.1, -0.05) is 38.3 Å². The summed E-state index contributed by atoms with van der Waals surface area (Å²) >= 11 is 5.93. The van der Waals surface area contributed by atoms with E-state index in [1.54, 1.807) is 6.07 Å². The van der Waals surface area contributed by atoms with Crippen molar-refractivity contribution in [3.8, 4) is 0 Å². The molecule has 0 saturated heterocycles. The van der Waals surface area contributed by atoms with Gasteiger partial charge in [-0.2, -0.15) is 0 Å². The van der Waals surface area contributed by atoms with E-state index in [1.807, 2.05) is 6.07 Å². The van der Waals surface area contributed by atoms with E-state index in [1.165, 1.54) is 12.8 Å². The van der Waals surface area contributed by atoms with Crippen molar-refractivity contribution in [1.29, 1.82) is 0 Å². The molecule has 1 aromatic rings. The molecule has 0 aliphatic rings. The van der Waals surface area contributed by atoms with Crippen LogP contribution in [0.2, 0.25) is 5.15 Å². The van der Waals surface area contributed by atoms with Gasteiger partial charge in [0.2, 0.25) is 0 Å². The first-order valence-electron chi connectivity index (χ1n) is 6.92. The number of hydrogen-bond acceptors (Lipinski definition) is 3. The molecule has 0 aliphatic carbocycles. The topological polar surface area (TPSA) is 45.2 Å². The maximum Gasteiger partial charge on any atom is 0.133 e. The lowest BCUT2D eigenvalue weighted by Crippen LogP contribution is -2.33. The molecule has 0 radical (unpaired) electrons. The van der Waals surface area contributed by atoms with Crippen LogP contribution in [0.15, 0.2) is 12.1 Å². The van der Waals surface area contributed by atoms with E-state index in [4.69, 9.17) is 11.6 Å². The number of rotatable bonds is 7. The molecule has 0 bridgehead atoms. The zero-order valence-corrected chi connectivity index (χ0v) is 13.1. The average molecular weight is 285 g/mol. The summed E-state index contributed by atoms with van der Waals surface area (Å²) in [6, 6.07) is 3.51. The summed E-state index contributed by atoms with van der Waals surface area (Å²) in [5, 5.41) is 13.2. The van der Waals surface area contributed by atoms with Crippen LogP contribution in [0, 0.1) is 5.92 Å². The Morgan fingerprint density at radius 1 is 1.42 bits per heavy atom. The van der Waals surface area contributed by atoms with Crippen molar-refractivity contribution in [1.82, 2.24) is 4.98 Å². The first kappa shape index (κ1) is 16.3. The largest absolute Gasteiger partial charge is 0.392 e. The van der Waals surface area contributed by atoms with Crippen molar-refractivity contribution in [2.45, 2.75) is 59.1 Å². The van der Waals surface area contributed by atoms with Crippen molar-refractivity contribution < 1.29 is 5.11 Å². The van der Waals surface area contributed by atoms with Crippen LogP contribution in [0.4, 0.5) is 5.82 Å². The monoisotopic (exact) mass is 284 g/mol. The summed E-state index contributed by atoms with van der Waals surface area (Å²) in [6.07, 6.45) is 3.48. The zero-order valence-electron chi connectivity index (χ0n) is 12.3. The van der Waals surface area contributed by atoms with Crippen LogP contribution >= 0.6 is 11.6 Å². The Morgan fingerprint density at radius 3 is 2.68 bits per heavy atom. The van der Waals surface area contributed by atoms with E-state index in [-0.39, 0.29) is 12.1 Å². The van der Waals surface area contributed by atoms with Crippen LogP contribution in [0.1, 0.15) is 52.5 Å². The number of aromatic nitrogens is 1. The Kier molecular flexibility index (Phi) is 6.08. The molecule has 2 N–H and O–H groups in total. The molecule has 0 unspecified atom stereocenters. The highest BCUT2D eigenvalue weighted by Crippen LogP contribution is 2.26. The summed E-state index contributed by atoms with van der Waals surface area (Å²) in [4.78, 5) is 4.28. The van der Waals surface area contributed by atoms with Gasteiger partial charge in [-0.05, 0) is 38.3 Å². The van der Waals surface area contributed by atoms with Crippen LogP contribution in [0.5, 0.6) is 0 Å². The Hall–Kier alpha value is -0.800. The maximum absolute atomic E-state index is 9.35. The summed E-state index contributed by atoms with van der Waals surface area (Å²) < 4.78 is 0. The minimum absolute atomic E-state index is 0.0346. The molecule has 1 rings (SSSR count). The molecule has 1 heterocycles. The molecule has 0 aliphatic heterocycles. The van der Waals surface area contributed by atoms with Gasteiger partial charge in [-0.15, -0.1) is 0 Å². The Morgan fingerprint density at radius 2 is 2.11 bits per heavy atom. The highest BCUT2D eigenvalue weighted by molar-refractivity contribution is 6.29. The SMILES string of the molecule is CCC[C@@H](C)CC(C)(C)Nc1nc(Cl)ccc1CO. The molecule has 0 fully saturated rings. The molecule has 0 amide bonds. The second-order valence-corrected chi connectivity index (χ2v) is 6.29. The second kappa shape index (κ2) is 7.11. The van der Waals surface area contributed by atoms with E-state index in [0.29, 0.717) is 16.9 Å². The van der Waals surface area contributed by atoms with Crippen LogP contribution < -0.4 is 5.32 Å². The summed E-state index contributed by atoms with van der Waals surface area (Å²) in [7, 11) is 0. The molecule has 19 heavy (non-hydrogen) atoms. The number of nitrogens with zero attached hydrogens (tertiary/aromatic N) is 1. The fourth-order valence-corrected chi connectivity index (χ4v) is 2.69. The third kappa shape index (κ3) is 5.37. The summed E-state index contributed by atoms with van der Waals surface area (Å²) in [5.41, 5.74) is 0.705. The van der Waals surface area contributed by atoms with Gasteiger partial charge < -0.3 is 10.4 Å². The van der Waals surface area contributed by atoms with Gasteiger partial charge in [-0.3, -0.25) is 0 Å². The third-order valence-electron chi connectivity index (χ3n) is 3.21. The third-order valence-corrected chi connectivity index (χ3v) is 3.42. The minimum Gasteiger partial charge on any atom is -0.392 e. The van der Waals surface area contributed by atoms with E-state index in [2.05, 4.69) is 38.0 Å². The van der Waals surface area contributed by atoms with Gasteiger partial charge in [0, 0.05) is 11.1 Å². The summed E-state index contributed by atoms with van der Waals surface area (Å²) in [6.45, 7) is 8.75. The Bertz CT molecular complexity index is 407. The number of hydrogen-bond donors (Lipinski definition) is 2. The average Bonchev–Trinajstić information content (AvgIpc) is 2.28. The second-order valence-electron chi connectivity index (χ2n) is 5.91. The number of aliphatic hydroxyl groups is 1. The van der Waals surface area contributed by atoms with Gasteiger partial charge in [0.1, 0.15) is 11.0 Å². The predicted octanol–water partition coefficient (Wildman–Crippen LogP) is 4.24. The van der Waals surface area contributed by atoms with E-state index >= 15 is 0 Å². The van der Waals surface area contributed by atoms with Gasteiger partial charge >= 0.3 is 0 Å². The van der Waals surface area contributed by atoms with Gasteiger partial charge in [0.25, 0.3) is 0 Å². The van der Waals surface area contributed by atoms with Gasteiger partial charge in [0.15, 0.2) is 0 Å².